The Bertz CT molecular complexity index is 1400. The number of amides is 3. The molecule has 5 rings (SSSR count). The maximum Gasteiger partial charge on any atom is 0.294 e. The number of carbonyl (C=O) groups excluding carboxylic acids is 3. The molecule has 1 N–H and O–H groups in total. The monoisotopic (exact) mass is 531 g/mol. The predicted molar refractivity (Wildman–Crippen MR) is 151 cm³/mol. The molecule has 0 unspecified atom stereocenters. The van der Waals surface area contributed by atoms with E-state index in [0.29, 0.717) is 31.3 Å². The molecule has 0 radical (unpaired) electrons. The van der Waals surface area contributed by atoms with Crippen LogP contribution in [-0.2, 0) is 14.3 Å². The van der Waals surface area contributed by atoms with E-state index in [2.05, 4.69) is 10.2 Å². The normalized spacial score (nSPS) is 16.9. The molecule has 3 amide bonds. The van der Waals surface area contributed by atoms with Crippen molar-refractivity contribution in [2.45, 2.75) is 13.3 Å². The molecule has 8 nitrogen and oxygen atoms in total. The molecule has 3 aromatic rings. The number of anilines is 2. The Hall–Kier alpha value is -3.82. The van der Waals surface area contributed by atoms with Crippen molar-refractivity contribution in [3.05, 3.63) is 71.1 Å². The molecule has 9 heteroatoms. The van der Waals surface area contributed by atoms with Gasteiger partial charge in [-0.15, -0.1) is 0 Å². The number of nitrogens with zero attached hydrogens (tertiary/aromatic N) is 2. The van der Waals surface area contributed by atoms with Gasteiger partial charge in [0.1, 0.15) is 12.3 Å². The molecule has 38 heavy (non-hydrogen) atoms. The molecule has 2 heterocycles. The van der Waals surface area contributed by atoms with E-state index in [0.717, 1.165) is 58.2 Å². The van der Waals surface area contributed by atoms with Gasteiger partial charge in [-0.1, -0.05) is 49.4 Å². The van der Waals surface area contributed by atoms with Crippen LogP contribution in [0.4, 0.5) is 16.2 Å². The number of thioether (sulfide) groups is 1. The minimum Gasteiger partial charge on any atom is -0.493 e. The zero-order valence-electron chi connectivity index (χ0n) is 21.1. The number of hydrogen-bond acceptors (Lipinski definition) is 7. The van der Waals surface area contributed by atoms with Crippen molar-refractivity contribution in [3.63, 3.8) is 0 Å². The van der Waals surface area contributed by atoms with Gasteiger partial charge in [-0.2, -0.15) is 0 Å². The summed E-state index contributed by atoms with van der Waals surface area (Å²) in [6.07, 6.45) is 2.54. The van der Waals surface area contributed by atoms with Crippen LogP contribution in [0.15, 0.2) is 65.6 Å². The van der Waals surface area contributed by atoms with E-state index in [-0.39, 0.29) is 11.4 Å². The summed E-state index contributed by atoms with van der Waals surface area (Å²) in [5, 5.41) is 4.32. The van der Waals surface area contributed by atoms with Crippen LogP contribution < -0.4 is 15.0 Å². The lowest BCUT2D eigenvalue weighted by Crippen LogP contribution is -2.38. The Labute approximate surface area is 225 Å². The Morgan fingerprint density at radius 1 is 1.05 bits per heavy atom. The van der Waals surface area contributed by atoms with Crippen LogP contribution in [0.5, 0.6) is 5.75 Å². The van der Waals surface area contributed by atoms with E-state index < -0.39 is 17.1 Å². The first kappa shape index (κ1) is 25.8. The molecule has 2 aliphatic rings. The lowest BCUT2D eigenvalue weighted by molar-refractivity contribution is -0.127. The van der Waals surface area contributed by atoms with Gasteiger partial charge in [0.2, 0.25) is 5.91 Å². The molecule has 0 aliphatic carbocycles. The van der Waals surface area contributed by atoms with E-state index in [4.69, 9.17) is 9.47 Å². The number of ether oxygens (including phenoxy) is 2. The van der Waals surface area contributed by atoms with Gasteiger partial charge < -0.3 is 19.7 Å². The summed E-state index contributed by atoms with van der Waals surface area (Å²) >= 11 is 0.833. The molecule has 2 saturated heterocycles. The van der Waals surface area contributed by atoms with Crippen molar-refractivity contribution in [2.75, 3.05) is 49.7 Å². The molecule has 2 fully saturated rings. The lowest BCUT2D eigenvalue weighted by atomic mass is 10.0. The van der Waals surface area contributed by atoms with Crippen LogP contribution in [0.2, 0.25) is 0 Å². The number of morpholine rings is 1. The number of rotatable bonds is 8. The third kappa shape index (κ3) is 5.54. The third-order valence-corrected chi connectivity index (χ3v) is 7.28. The van der Waals surface area contributed by atoms with Crippen molar-refractivity contribution in [3.8, 4) is 5.75 Å². The summed E-state index contributed by atoms with van der Waals surface area (Å²) in [5.74, 6) is -0.285. The fraction of sp³-hybridized carbons (Fsp3) is 0.276. The summed E-state index contributed by atoms with van der Waals surface area (Å²) in [6, 6.07) is 19.2. The second-order valence-corrected chi connectivity index (χ2v) is 9.97. The third-order valence-electron chi connectivity index (χ3n) is 6.37. The van der Waals surface area contributed by atoms with Gasteiger partial charge in [0.15, 0.2) is 0 Å². The molecular weight excluding hydrogens is 502 g/mol. The fourth-order valence-electron chi connectivity index (χ4n) is 4.52. The number of hydrogen-bond donors (Lipinski definition) is 1. The second-order valence-electron chi connectivity index (χ2n) is 8.98. The van der Waals surface area contributed by atoms with Crippen LogP contribution in [0, 0.1) is 0 Å². The van der Waals surface area contributed by atoms with Crippen molar-refractivity contribution >= 4 is 57.0 Å². The topological polar surface area (TPSA) is 88.2 Å². The van der Waals surface area contributed by atoms with Gasteiger partial charge in [0.05, 0.1) is 36.1 Å². The maximum absolute atomic E-state index is 13.3. The summed E-state index contributed by atoms with van der Waals surface area (Å²) in [4.78, 5) is 42.4. The molecular formula is C29H29N3O5S. The van der Waals surface area contributed by atoms with Crippen molar-refractivity contribution in [1.29, 1.82) is 0 Å². The van der Waals surface area contributed by atoms with E-state index in [1.165, 1.54) is 0 Å². The van der Waals surface area contributed by atoms with Crippen LogP contribution in [0.3, 0.4) is 0 Å². The zero-order valence-corrected chi connectivity index (χ0v) is 22.0. The number of para-hydroxylation sites is 2. The highest BCUT2D eigenvalue weighted by molar-refractivity contribution is 8.18. The van der Waals surface area contributed by atoms with E-state index in [1.807, 2.05) is 67.6 Å². The Morgan fingerprint density at radius 2 is 1.82 bits per heavy atom. The smallest absolute Gasteiger partial charge is 0.294 e. The number of nitrogens with one attached hydrogen (secondary N) is 1. The molecule has 0 aromatic heterocycles. The quantitative estimate of drug-likeness (QED) is 0.403. The Balaban J connectivity index is 1.35. The van der Waals surface area contributed by atoms with Crippen LogP contribution in [-0.4, -0.2) is 61.4 Å². The zero-order chi connectivity index (χ0) is 26.5. The Kier molecular flexibility index (Phi) is 7.95. The van der Waals surface area contributed by atoms with E-state index in [1.54, 1.807) is 6.08 Å². The molecule has 3 aromatic carbocycles. The highest BCUT2D eigenvalue weighted by Crippen LogP contribution is 2.37. The standard InChI is InChI=1S/C29H29N3O5S/c1-2-15-37-25-12-11-20-7-3-4-8-21(20)22(25)18-26-28(34)32(29(35)38-26)19-27(33)30-23-9-5-6-10-24(23)31-13-16-36-17-14-31/h3-12,18H,2,13-17,19H2,1H3,(H,30,33)/b26-18-. The highest BCUT2D eigenvalue weighted by Gasteiger charge is 2.36. The van der Waals surface area contributed by atoms with E-state index >= 15 is 0 Å². The number of benzene rings is 3. The lowest BCUT2D eigenvalue weighted by Gasteiger charge is -2.30. The fourth-order valence-corrected chi connectivity index (χ4v) is 5.34. The summed E-state index contributed by atoms with van der Waals surface area (Å²) < 4.78 is 11.4. The highest BCUT2D eigenvalue weighted by atomic mass is 32.2. The average molecular weight is 532 g/mol. The maximum atomic E-state index is 13.3. The Morgan fingerprint density at radius 3 is 2.63 bits per heavy atom. The van der Waals surface area contributed by atoms with Gasteiger partial charge in [0, 0.05) is 18.7 Å². The first-order valence-electron chi connectivity index (χ1n) is 12.7. The first-order chi connectivity index (χ1) is 18.5. The van der Waals surface area contributed by atoms with Crippen LogP contribution in [0.1, 0.15) is 18.9 Å². The molecule has 0 bridgehead atoms. The van der Waals surface area contributed by atoms with Gasteiger partial charge in [0.25, 0.3) is 11.1 Å². The summed E-state index contributed by atoms with van der Waals surface area (Å²) in [5.41, 5.74) is 2.26. The summed E-state index contributed by atoms with van der Waals surface area (Å²) in [6.45, 7) is 4.87. The van der Waals surface area contributed by atoms with E-state index in [9.17, 15) is 14.4 Å². The molecule has 0 spiro atoms. The van der Waals surface area contributed by atoms with Gasteiger partial charge in [-0.05, 0) is 53.2 Å². The van der Waals surface area contributed by atoms with Gasteiger partial charge in [-0.25, -0.2) is 0 Å². The predicted octanol–water partition coefficient (Wildman–Crippen LogP) is 5.14. The number of carbonyl (C=O) groups is 3. The van der Waals surface area contributed by atoms with Crippen molar-refractivity contribution < 1.29 is 23.9 Å². The SMILES string of the molecule is CCCOc1ccc2ccccc2c1/C=C1\SC(=O)N(CC(=O)Nc2ccccc2N2CCOCC2)C1=O. The largest absolute Gasteiger partial charge is 0.493 e. The number of fused-ring (bicyclic) bond motifs is 1. The van der Waals surface area contributed by atoms with Crippen molar-refractivity contribution in [1.82, 2.24) is 4.90 Å². The average Bonchev–Trinajstić information content (AvgIpc) is 3.20. The van der Waals surface area contributed by atoms with Gasteiger partial charge in [-0.3, -0.25) is 19.3 Å². The van der Waals surface area contributed by atoms with Gasteiger partial charge >= 0.3 is 0 Å². The van der Waals surface area contributed by atoms with Crippen molar-refractivity contribution in [2.24, 2.45) is 0 Å². The van der Waals surface area contributed by atoms with Crippen LogP contribution >= 0.6 is 11.8 Å². The minimum absolute atomic E-state index is 0.259. The molecule has 0 atom stereocenters. The molecule has 0 saturated carbocycles. The van der Waals surface area contributed by atoms with Crippen LogP contribution in [0.25, 0.3) is 16.8 Å². The summed E-state index contributed by atoms with van der Waals surface area (Å²) in [7, 11) is 0. The molecule has 196 valence electrons. The second kappa shape index (κ2) is 11.7. The number of imide groups is 1. The first-order valence-corrected chi connectivity index (χ1v) is 13.5. The minimum atomic E-state index is -0.494. The molecule has 2 aliphatic heterocycles.